The van der Waals surface area contributed by atoms with Gasteiger partial charge in [0.1, 0.15) is 0 Å². The van der Waals surface area contributed by atoms with Gasteiger partial charge in [-0.2, -0.15) is 0 Å². The third-order valence-corrected chi connectivity index (χ3v) is 2.30. The Morgan fingerprint density at radius 1 is 1.36 bits per heavy atom. The third kappa shape index (κ3) is 2.15. The Balaban J connectivity index is 2.38. The van der Waals surface area contributed by atoms with Crippen molar-refractivity contribution in [3.05, 3.63) is 0 Å². The lowest BCUT2D eigenvalue weighted by Gasteiger charge is -2.32. The number of piperidine rings is 1. The Bertz CT molecular complexity index is 117. The maximum absolute atomic E-state index is 9.48. The molecule has 3 atom stereocenters. The lowest BCUT2D eigenvalue weighted by molar-refractivity contribution is -0.0371. The molecule has 11 heavy (non-hydrogen) atoms. The standard InChI is InChI=1S/C8H17NO2/c1-2-3-6-4-9-5-7(10)8(6)11/h6-11H,2-5H2,1H3. The van der Waals surface area contributed by atoms with E-state index < -0.39 is 12.2 Å². The van der Waals surface area contributed by atoms with Crippen LogP contribution in [0.3, 0.4) is 0 Å². The van der Waals surface area contributed by atoms with Gasteiger partial charge in [0.2, 0.25) is 0 Å². The first-order valence-electron chi connectivity index (χ1n) is 4.32. The molecule has 66 valence electrons. The van der Waals surface area contributed by atoms with Crippen molar-refractivity contribution >= 4 is 0 Å². The summed E-state index contributed by atoms with van der Waals surface area (Å²) in [6.45, 7) is 3.46. The van der Waals surface area contributed by atoms with E-state index in [1.54, 1.807) is 0 Å². The molecule has 1 rings (SSSR count). The summed E-state index contributed by atoms with van der Waals surface area (Å²) < 4.78 is 0. The molecule has 0 aliphatic carbocycles. The van der Waals surface area contributed by atoms with E-state index >= 15 is 0 Å². The molecule has 3 nitrogen and oxygen atoms in total. The minimum atomic E-state index is -0.569. The summed E-state index contributed by atoms with van der Waals surface area (Å²) in [5, 5.41) is 21.8. The molecule has 3 N–H and O–H groups in total. The van der Waals surface area contributed by atoms with Crippen LogP contribution in [-0.2, 0) is 0 Å². The summed E-state index contributed by atoms with van der Waals surface area (Å²) in [6.07, 6.45) is 0.970. The monoisotopic (exact) mass is 159 g/mol. The topological polar surface area (TPSA) is 52.5 Å². The second-order valence-electron chi connectivity index (χ2n) is 3.26. The van der Waals surface area contributed by atoms with Gasteiger partial charge in [-0.3, -0.25) is 0 Å². The lowest BCUT2D eigenvalue weighted by Crippen LogP contribution is -2.50. The van der Waals surface area contributed by atoms with E-state index in [0.29, 0.717) is 6.54 Å². The van der Waals surface area contributed by atoms with E-state index in [-0.39, 0.29) is 5.92 Å². The Kier molecular flexibility index (Phi) is 3.30. The van der Waals surface area contributed by atoms with Gasteiger partial charge in [-0.15, -0.1) is 0 Å². The number of rotatable bonds is 2. The van der Waals surface area contributed by atoms with E-state index in [2.05, 4.69) is 12.2 Å². The van der Waals surface area contributed by atoms with Crippen molar-refractivity contribution in [2.45, 2.75) is 32.0 Å². The van der Waals surface area contributed by atoms with Crippen LogP contribution in [0.25, 0.3) is 0 Å². The average Bonchev–Trinajstić information content (AvgIpc) is 1.99. The van der Waals surface area contributed by atoms with Crippen LogP contribution in [0.2, 0.25) is 0 Å². The van der Waals surface area contributed by atoms with Crippen LogP contribution in [0.1, 0.15) is 19.8 Å². The first kappa shape index (κ1) is 8.97. The molecule has 0 radical (unpaired) electrons. The van der Waals surface area contributed by atoms with E-state index in [1.807, 2.05) is 0 Å². The van der Waals surface area contributed by atoms with Crippen molar-refractivity contribution in [3.63, 3.8) is 0 Å². The lowest BCUT2D eigenvalue weighted by atomic mass is 9.90. The minimum absolute atomic E-state index is 0.240. The van der Waals surface area contributed by atoms with E-state index in [9.17, 15) is 10.2 Å². The van der Waals surface area contributed by atoms with Crippen LogP contribution in [0.4, 0.5) is 0 Å². The first-order valence-corrected chi connectivity index (χ1v) is 4.32. The van der Waals surface area contributed by atoms with Crippen LogP contribution in [-0.4, -0.2) is 35.5 Å². The van der Waals surface area contributed by atoms with E-state index in [0.717, 1.165) is 19.4 Å². The molecule has 0 aromatic carbocycles. The predicted molar refractivity (Wildman–Crippen MR) is 43.3 cm³/mol. The summed E-state index contributed by atoms with van der Waals surface area (Å²) in [7, 11) is 0. The Morgan fingerprint density at radius 3 is 2.73 bits per heavy atom. The van der Waals surface area contributed by atoms with Gasteiger partial charge in [0.15, 0.2) is 0 Å². The Hall–Kier alpha value is -0.120. The molecule has 1 fully saturated rings. The summed E-state index contributed by atoms with van der Waals surface area (Å²) in [5.74, 6) is 0.240. The molecule has 0 bridgehead atoms. The normalized spacial score (nSPS) is 39.0. The summed E-state index contributed by atoms with van der Waals surface area (Å²) >= 11 is 0. The second kappa shape index (κ2) is 4.04. The molecule has 0 aromatic rings. The summed E-state index contributed by atoms with van der Waals surface area (Å²) in [5.41, 5.74) is 0. The smallest absolute Gasteiger partial charge is 0.0926 e. The molecule has 1 aliphatic rings. The quantitative estimate of drug-likeness (QED) is 0.520. The maximum Gasteiger partial charge on any atom is 0.0926 e. The minimum Gasteiger partial charge on any atom is -0.390 e. The number of hydrogen-bond donors (Lipinski definition) is 3. The largest absolute Gasteiger partial charge is 0.390 e. The number of hydrogen-bond acceptors (Lipinski definition) is 3. The number of aliphatic hydroxyl groups is 2. The number of β-amino-alcohol motifs (C(OH)–C–C–N with tert-alkyl or cyclic N) is 1. The molecule has 0 saturated carbocycles. The summed E-state index contributed by atoms with van der Waals surface area (Å²) in [6, 6.07) is 0. The van der Waals surface area contributed by atoms with Gasteiger partial charge in [-0.05, 0) is 12.3 Å². The van der Waals surface area contributed by atoms with Crippen LogP contribution in [0.15, 0.2) is 0 Å². The van der Waals surface area contributed by atoms with Gasteiger partial charge < -0.3 is 15.5 Å². The highest BCUT2D eigenvalue weighted by Crippen LogP contribution is 2.16. The van der Waals surface area contributed by atoms with Gasteiger partial charge in [-0.1, -0.05) is 13.3 Å². The second-order valence-corrected chi connectivity index (χ2v) is 3.26. The molecule has 0 aromatic heterocycles. The molecular formula is C8H17NO2. The highest BCUT2D eigenvalue weighted by atomic mass is 16.3. The molecule has 1 saturated heterocycles. The van der Waals surface area contributed by atoms with Gasteiger partial charge >= 0.3 is 0 Å². The molecular weight excluding hydrogens is 142 g/mol. The Labute approximate surface area is 67.4 Å². The third-order valence-electron chi connectivity index (χ3n) is 2.30. The van der Waals surface area contributed by atoms with Gasteiger partial charge in [0.05, 0.1) is 12.2 Å². The maximum atomic E-state index is 9.48. The SMILES string of the molecule is CCCC1CNCC(O)C1O. The van der Waals surface area contributed by atoms with Crippen LogP contribution < -0.4 is 5.32 Å². The zero-order chi connectivity index (χ0) is 8.27. The molecule has 3 unspecified atom stereocenters. The average molecular weight is 159 g/mol. The van der Waals surface area contributed by atoms with Crippen molar-refractivity contribution in [2.24, 2.45) is 5.92 Å². The van der Waals surface area contributed by atoms with Crippen molar-refractivity contribution in [2.75, 3.05) is 13.1 Å². The predicted octanol–water partition coefficient (Wildman–Crippen LogP) is -0.272. The van der Waals surface area contributed by atoms with Crippen molar-refractivity contribution in [1.29, 1.82) is 0 Å². The molecule has 1 heterocycles. The van der Waals surface area contributed by atoms with Crippen molar-refractivity contribution in [1.82, 2.24) is 5.32 Å². The zero-order valence-electron chi connectivity index (χ0n) is 6.95. The zero-order valence-corrected chi connectivity index (χ0v) is 6.95. The summed E-state index contributed by atoms with van der Waals surface area (Å²) in [4.78, 5) is 0. The highest BCUT2D eigenvalue weighted by Gasteiger charge is 2.29. The van der Waals surface area contributed by atoms with Crippen LogP contribution in [0, 0.1) is 5.92 Å². The van der Waals surface area contributed by atoms with Crippen LogP contribution >= 0.6 is 0 Å². The highest BCUT2D eigenvalue weighted by molar-refractivity contribution is 4.83. The molecule has 0 amide bonds. The van der Waals surface area contributed by atoms with Crippen molar-refractivity contribution < 1.29 is 10.2 Å². The van der Waals surface area contributed by atoms with E-state index in [4.69, 9.17) is 0 Å². The number of nitrogens with one attached hydrogen (secondary N) is 1. The fourth-order valence-electron chi connectivity index (χ4n) is 1.62. The van der Waals surface area contributed by atoms with Gasteiger partial charge in [0.25, 0.3) is 0 Å². The molecule has 1 aliphatic heterocycles. The van der Waals surface area contributed by atoms with Crippen LogP contribution in [0.5, 0.6) is 0 Å². The fourth-order valence-corrected chi connectivity index (χ4v) is 1.62. The first-order chi connectivity index (χ1) is 5.25. The molecule has 0 spiro atoms. The fraction of sp³-hybridized carbons (Fsp3) is 1.00. The van der Waals surface area contributed by atoms with E-state index in [1.165, 1.54) is 0 Å². The van der Waals surface area contributed by atoms with Crippen molar-refractivity contribution in [3.8, 4) is 0 Å². The Morgan fingerprint density at radius 2 is 2.09 bits per heavy atom. The molecule has 3 heteroatoms. The number of aliphatic hydroxyl groups excluding tert-OH is 2. The van der Waals surface area contributed by atoms with Gasteiger partial charge in [0, 0.05) is 13.1 Å². The van der Waals surface area contributed by atoms with Gasteiger partial charge in [-0.25, -0.2) is 0 Å².